The van der Waals surface area contributed by atoms with Crippen LogP contribution in [0.5, 0.6) is 0 Å². The number of thioether (sulfide) groups is 2. The Morgan fingerprint density at radius 1 is 0.417 bits per heavy atom. The van der Waals surface area contributed by atoms with Crippen LogP contribution >= 0.6 is 23.5 Å². The Morgan fingerprint density at radius 2 is 0.729 bits per heavy atom. The molecular formula is C33H21F6N7S2. The van der Waals surface area contributed by atoms with Crippen LogP contribution in [0.25, 0.3) is 22.5 Å². The van der Waals surface area contributed by atoms with Gasteiger partial charge in [-0.05, 0) is 72.1 Å². The SMILES string of the molecule is N=C(SC(=N)c1cccc(-c2ccccc2C(F)(F)F)n1)c1cccc(C(=N)SC(=N)c2cccc(-c3ccccc3C(F)(F)F)n2)n1. The lowest BCUT2D eigenvalue weighted by Crippen LogP contribution is -2.10. The first-order valence-corrected chi connectivity index (χ1v) is 15.3. The van der Waals surface area contributed by atoms with E-state index in [1.54, 1.807) is 0 Å². The van der Waals surface area contributed by atoms with Crippen molar-refractivity contribution in [2.24, 2.45) is 0 Å². The van der Waals surface area contributed by atoms with E-state index in [1.165, 1.54) is 91.0 Å². The predicted octanol–water partition coefficient (Wildman–Crippen LogP) is 9.41. The van der Waals surface area contributed by atoms with E-state index in [0.717, 1.165) is 12.1 Å². The average Bonchev–Trinajstić information content (AvgIpc) is 3.07. The average molecular weight is 694 g/mol. The molecule has 0 spiro atoms. The van der Waals surface area contributed by atoms with Crippen molar-refractivity contribution in [3.8, 4) is 22.5 Å². The number of nitrogens with one attached hydrogen (secondary N) is 4. The molecule has 48 heavy (non-hydrogen) atoms. The van der Waals surface area contributed by atoms with Crippen LogP contribution in [0.1, 0.15) is 33.9 Å². The molecule has 15 heteroatoms. The molecule has 0 aliphatic carbocycles. The Labute approximate surface area is 277 Å². The van der Waals surface area contributed by atoms with Gasteiger partial charge < -0.3 is 0 Å². The summed E-state index contributed by atoms with van der Waals surface area (Å²) in [7, 11) is 0. The fraction of sp³-hybridized carbons (Fsp3) is 0.0606. The van der Waals surface area contributed by atoms with Crippen molar-refractivity contribution in [2.45, 2.75) is 12.4 Å². The van der Waals surface area contributed by atoms with Gasteiger partial charge in [0.2, 0.25) is 0 Å². The van der Waals surface area contributed by atoms with Crippen molar-refractivity contribution < 1.29 is 26.3 Å². The zero-order valence-corrected chi connectivity index (χ0v) is 25.9. The van der Waals surface area contributed by atoms with Crippen molar-refractivity contribution in [3.63, 3.8) is 0 Å². The van der Waals surface area contributed by atoms with E-state index >= 15 is 0 Å². The summed E-state index contributed by atoms with van der Waals surface area (Å²) in [5.41, 5.74) is -1.77. The van der Waals surface area contributed by atoms with Gasteiger partial charge in [-0.1, -0.05) is 54.6 Å². The molecule has 0 aliphatic rings. The maximum Gasteiger partial charge on any atom is 0.417 e. The lowest BCUT2D eigenvalue weighted by molar-refractivity contribution is -0.137. The van der Waals surface area contributed by atoms with E-state index < -0.39 is 23.5 Å². The molecule has 0 fully saturated rings. The molecule has 3 aromatic heterocycles. The topological polar surface area (TPSA) is 134 Å². The first-order chi connectivity index (χ1) is 22.7. The van der Waals surface area contributed by atoms with Crippen molar-refractivity contribution in [1.29, 1.82) is 21.6 Å². The summed E-state index contributed by atoms with van der Waals surface area (Å²) >= 11 is 1.33. The minimum Gasteiger partial charge on any atom is -0.292 e. The summed E-state index contributed by atoms with van der Waals surface area (Å²) in [6.07, 6.45) is -9.22. The van der Waals surface area contributed by atoms with Crippen LogP contribution in [-0.2, 0) is 12.4 Å². The number of aromatic nitrogens is 3. The number of benzene rings is 2. The van der Waals surface area contributed by atoms with Gasteiger partial charge in [0.05, 0.1) is 45.3 Å². The molecule has 0 aliphatic heterocycles. The Balaban J connectivity index is 1.29. The Bertz CT molecular complexity index is 1920. The van der Waals surface area contributed by atoms with E-state index in [9.17, 15) is 26.3 Å². The van der Waals surface area contributed by atoms with Crippen LogP contribution in [0, 0.1) is 21.6 Å². The molecule has 242 valence electrons. The molecule has 0 saturated carbocycles. The van der Waals surface area contributed by atoms with Gasteiger partial charge in [0.25, 0.3) is 0 Å². The van der Waals surface area contributed by atoms with E-state index in [2.05, 4.69) is 15.0 Å². The molecule has 5 rings (SSSR count). The van der Waals surface area contributed by atoms with Crippen LogP contribution in [0.15, 0.2) is 103 Å². The van der Waals surface area contributed by atoms with Gasteiger partial charge in [-0.15, -0.1) is 0 Å². The number of rotatable bonds is 6. The summed E-state index contributed by atoms with van der Waals surface area (Å²) in [5.74, 6) is 0. The number of halogens is 6. The van der Waals surface area contributed by atoms with E-state index in [0.29, 0.717) is 23.5 Å². The lowest BCUT2D eigenvalue weighted by atomic mass is 10.0. The fourth-order valence-corrected chi connectivity index (χ4v) is 5.71. The third-order valence-electron chi connectivity index (χ3n) is 6.60. The van der Waals surface area contributed by atoms with Crippen molar-refractivity contribution in [1.82, 2.24) is 15.0 Å². The van der Waals surface area contributed by atoms with Crippen molar-refractivity contribution in [3.05, 3.63) is 137 Å². The first-order valence-electron chi connectivity index (χ1n) is 13.7. The Kier molecular flexibility index (Phi) is 9.91. The Hall–Kier alpha value is -5.15. The molecule has 0 saturated heterocycles. The molecule has 0 radical (unpaired) electrons. The minimum atomic E-state index is -4.61. The highest BCUT2D eigenvalue weighted by Crippen LogP contribution is 2.37. The Morgan fingerprint density at radius 3 is 1.08 bits per heavy atom. The number of hydrogen-bond acceptors (Lipinski definition) is 9. The number of hydrogen-bond donors (Lipinski definition) is 4. The summed E-state index contributed by atoms with van der Waals surface area (Å²) in [6.45, 7) is 0. The number of nitrogens with zero attached hydrogens (tertiary/aromatic N) is 3. The lowest BCUT2D eigenvalue weighted by Gasteiger charge is -2.13. The van der Waals surface area contributed by atoms with Gasteiger partial charge in [-0.3, -0.25) is 21.6 Å². The monoisotopic (exact) mass is 693 g/mol. The molecule has 5 aromatic rings. The fourth-order valence-electron chi connectivity index (χ4n) is 4.43. The third kappa shape index (κ3) is 7.86. The van der Waals surface area contributed by atoms with Crippen LogP contribution in [0.2, 0.25) is 0 Å². The highest BCUT2D eigenvalue weighted by molar-refractivity contribution is 8.27. The highest BCUT2D eigenvalue weighted by atomic mass is 32.2. The van der Waals surface area contributed by atoms with Crippen molar-refractivity contribution in [2.75, 3.05) is 0 Å². The van der Waals surface area contributed by atoms with Crippen LogP contribution < -0.4 is 0 Å². The molecule has 7 nitrogen and oxygen atoms in total. The van der Waals surface area contributed by atoms with Crippen molar-refractivity contribution >= 4 is 43.7 Å². The smallest absolute Gasteiger partial charge is 0.292 e. The largest absolute Gasteiger partial charge is 0.417 e. The van der Waals surface area contributed by atoms with E-state index in [4.69, 9.17) is 21.6 Å². The molecule has 2 aromatic carbocycles. The standard InChI is InChI=1S/C33H21F6N7S2/c34-32(35,36)20-10-3-1-8-18(20)22-12-5-14-24(44-22)28(40)47-30(42)26-16-7-17-27(46-26)31(43)48-29(41)25-15-6-13-23(45-25)19-9-2-4-11-21(19)33(37,38)39/h1-17,40-43H. The maximum absolute atomic E-state index is 13.6. The molecule has 3 heterocycles. The molecule has 0 amide bonds. The number of alkyl halides is 6. The number of pyridine rings is 3. The second-order valence-corrected chi connectivity index (χ2v) is 11.9. The highest BCUT2D eigenvalue weighted by Gasteiger charge is 2.34. The van der Waals surface area contributed by atoms with Crippen LogP contribution in [-0.4, -0.2) is 35.1 Å². The summed E-state index contributed by atoms with van der Waals surface area (Å²) in [4.78, 5) is 12.8. The molecule has 4 N–H and O–H groups in total. The first kappa shape index (κ1) is 34.2. The molecular weight excluding hydrogens is 673 g/mol. The van der Waals surface area contributed by atoms with E-state index in [1.807, 2.05) is 0 Å². The molecule has 0 unspecified atom stereocenters. The van der Waals surface area contributed by atoms with Gasteiger partial charge in [0, 0.05) is 11.1 Å². The molecule has 0 atom stereocenters. The molecule has 0 bridgehead atoms. The zero-order chi connectivity index (χ0) is 34.6. The van der Waals surface area contributed by atoms with Gasteiger partial charge in [0.1, 0.15) is 20.2 Å². The van der Waals surface area contributed by atoms with Crippen LogP contribution in [0.4, 0.5) is 26.3 Å². The zero-order valence-electron chi connectivity index (χ0n) is 24.2. The van der Waals surface area contributed by atoms with Gasteiger partial charge in [-0.2, -0.15) is 26.3 Å². The van der Waals surface area contributed by atoms with Gasteiger partial charge in [-0.25, -0.2) is 15.0 Å². The second kappa shape index (κ2) is 13.9. The van der Waals surface area contributed by atoms with Gasteiger partial charge >= 0.3 is 12.4 Å². The summed E-state index contributed by atoms with van der Waals surface area (Å²) < 4.78 is 81.3. The quantitative estimate of drug-likeness (QED) is 0.0799. The normalized spacial score (nSPS) is 11.6. The summed E-state index contributed by atoms with van der Waals surface area (Å²) in [6, 6.07) is 23.0. The summed E-state index contributed by atoms with van der Waals surface area (Å²) in [5, 5.41) is 33.1. The second-order valence-electron chi connectivity index (χ2n) is 9.83. The minimum absolute atomic E-state index is 0.00920. The van der Waals surface area contributed by atoms with Crippen LogP contribution in [0.3, 0.4) is 0 Å². The predicted molar refractivity (Wildman–Crippen MR) is 176 cm³/mol. The maximum atomic E-state index is 13.6. The third-order valence-corrected chi connectivity index (χ3v) is 8.26. The van der Waals surface area contributed by atoms with E-state index in [-0.39, 0.29) is 65.5 Å². The van der Waals surface area contributed by atoms with Gasteiger partial charge in [0.15, 0.2) is 0 Å².